The van der Waals surface area contributed by atoms with E-state index in [2.05, 4.69) is 69.2 Å². The van der Waals surface area contributed by atoms with Crippen molar-refractivity contribution in [1.82, 2.24) is 0 Å². The quantitative estimate of drug-likeness (QED) is 0.0263. The van der Waals surface area contributed by atoms with Crippen LogP contribution < -0.4 is 0 Å². The molecule has 0 amide bonds. The Balaban J connectivity index is -0.00000107. The molecule has 396 valence electrons. The molecule has 0 spiro atoms. The Labute approximate surface area is 412 Å². The van der Waals surface area contributed by atoms with Gasteiger partial charge in [0, 0.05) is 10.4 Å². The van der Waals surface area contributed by atoms with Crippen LogP contribution in [0.25, 0.3) is 0 Å². The van der Waals surface area contributed by atoms with Crippen molar-refractivity contribution in [2.24, 2.45) is 0 Å². The molecule has 65 heavy (non-hydrogen) atoms. The van der Waals surface area contributed by atoms with Gasteiger partial charge in [0.1, 0.15) is 0 Å². The fraction of sp³-hybridized carbons (Fsp3) is 1.00. The Bertz CT molecular complexity index is 864. The van der Waals surface area contributed by atoms with Crippen molar-refractivity contribution < 1.29 is 26.5 Å². The van der Waals surface area contributed by atoms with Crippen LogP contribution in [-0.2, 0) is 10.4 Å². The second-order valence-corrected chi connectivity index (χ2v) is 21.9. The lowest BCUT2D eigenvalue weighted by Gasteiger charge is -2.45. The number of quaternary nitrogens is 2. The van der Waals surface area contributed by atoms with E-state index < -0.39 is 10.4 Å². The van der Waals surface area contributed by atoms with Gasteiger partial charge in [-0.15, -0.1) is 0 Å². The van der Waals surface area contributed by atoms with E-state index in [1.165, 1.54) is 305 Å². The topological polar surface area (TPSA) is 80.3 Å². The van der Waals surface area contributed by atoms with Crippen LogP contribution in [0.2, 0.25) is 0 Å². The van der Waals surface area contributed by atoms with Crippen molar-refractivity contribution in [3.8, 4) is 0 Å². The molecule has 0 aliphatic heterocycles. The highest BCUT2D eigenvalue weighted by atomic mass is 32.3. The van der Waals surface area contributed by atoms with E-state index in [1.807, 2.05) is 0 Å². The fourth-order valence-electron chi connectivity index (χ4n) is 10.5. The Morgan fingerprint density at radius 2 is 0.415 bits per heavy atom. The largest absolute Gasteiger partial charge is 0.759 e. The van der Waals surface area contributed by atoms with Gasteiger partial charge in [0.05, 0.1) is 51.4 Å². The average Bonchev–Trinajstić information content (AvgIpc) is 3.27. The lowest BCUT2D eigenvalue weighted by atomic mass is 10.00. The molecule has 0 fully saturated rings. The van der Waals surface area contributed by atoms with Gasteiger partial charge in [-0.3, -0.25) is 8.42 Å². The summed E-state index contributed by atoms with van der Waals surface area (Å²) in [6.45, 7) is 32.7. The fourth-order valence-corrected chi connectivity index (χ4v) is 10.5. The summed E-state index contributed by atoms with van der Waals surface area (Å²) in [4.78, 5) is 0. The molecular formula is C58H124N2O4S. The van der Waals surface area contributed by atoms with E-state index in [-0.39, 0.29) is 0 Å². The zero-order valence-corrected chi connectivity index (χ0v) is 47.4. The van der Waals surface area contributed by atoms with E-state index in [9.17, 15) is 0 Å². The van der Waals surface area contributed by atoms with Crippen molar-refractivity contribution in [2.75, 3.05) is 39.3 Å². The summed E-state index contributed by atoms with van der Waals surface area (Å²) >= 11 is 0. The third-order valence-corrected chi connectivity index (χ3v) is 15.1. The number of hydrogen-bond donors (Lipinski definition) is 0. The van der Waals surface area contributed by atoms with Gasteiger partial charge in [0.15, 0.2) is 0 Å². The van der Waals surface area contributed by atoms with Crippen LogP contribution in [0, 0.1) is 0 Å². The van der Waals surface area contributed by atoms with E-state index >= 15 is 0 Å². The molecule has 0 radical (unpaired) electrons. The molecule has 0 aliphatic rings. The first-order valence-electron chi connectivity index (χ1n) is 29.7. The second kappa shape index (κ2) is 51.6. The monoisotopic (exact) mass is 945 g/mol. The minimum absolute atomic E-state index is 0.866. The summed E-state index contributed by atoms with van der Waals surface area (Å²) in [5.74, 6) is 0. The van der Waals surface area contributed by atoms with Crippen LogP contribution in [-0.4, -0.2) is 77.8 Å². The van der Waals surface area contributed by atoms with Gasteiger partial charge in [-0.1, -0.05) is 209 Å². The molecule has 0 saturated carbocycles. The van der Waals surface area contributed by atoms with Crippen LogP contribution in [0.15, 0.2) is 0 Å². The van der Waals surface area contributed by atoms with Crippen molar-refractivity contribution in [1.29, 1.82) is 0 Å². The van der Waals surface area contributed by atoms with Gasteiger partial charge in [-0.2, -0.15) is 0 Å². The van der Waals surface area contributed by atoms with Crippen molar-refractivity contribution in [2.45, 2.75) is 338 Å². The van der Waals surface area contributed by atoms with Gasteiger partial charge in [0.2, 0.25) is 0 Å². The minimum Gasteiger partial charge on any atom is -0.759 e. The third-order valence-electron chi connectivity index (χ3n) is 15.1. The average molecular weight is 946 g/mol. The van der Waals surface area contributed by atoms with E-state index in [1.54, 1.807) is 0 Å². The number of nitrogens with zero attached hydrogens (tertiary/aromatic N) is 2. The standard InChI is InChI=1S/2C29H62N.H2O4S/c2*1-6-10-14-18-22-26-30(27-23-19-15-11-7-2,28-24-20-16-12-8-3)29(5)25-21-17-13-9-4;1-5(2,3)4/h2*29H,6-28H2,1-5H3;(H2,1,2,3,4)/q2*+1;/p-2. The first kappa shape index (κ1) is 69.1. The highest BCUT2D eigenvalue weighted by Crippen LogP contribution is 2.27. The molecule has 0 N–H and O–H groups in total. The maximum atomic E-state index is 8.52. The van der Waals surface area contributed by atoms with Gasteiger partial charge in [0.25, 0.3) is 0 Å². The van der Waals surface area contributed by atoms with E-state index in [4.69, 9.17) is 17.5 Å². The van der Waals surface area contributed by atoms with Gasteiger partial charge >= 0.3 is 0 Å². The third kappa shape index (κ3) is 47.3. The van der Waals surface area contributed by atoms with Crippen molar-refractivity contribution in [3.63, 3.8) is 0 Å². The van der Waals surface area contributed by atoms with Crippen LogP contribution in [0.3, 0.4) is 0 Å². The predicted molar refractivity (Wildman–Crippen MR) is 289 cm³/mol. The number of unbranched alkanes of at least 4 members (excludes halogenated alkanes) is 30. The summed E-state index contributed by atoms with van der Waals surface area (Å²) in [6.07, 6.45) is 57.3. The zero-order valence-electron chi connectivity index (χ0n) is 46.6. The molecule has 0 bridgehead atoms. The Hall–Kier alpha value is -0.210. The summed E-state index contributed by atoms with van der Waals surface area (Å²) in [6, 6.07) is 1.73. The molecular weight excluding hydrogens is 821 g/mol. The predicted octanol–water partition coefficient (Wildman–Crippen LogP) is 18.8. The van der Waals surface area contributed by atoms with Gasteiger partial charge < -0.3 is 18.1 Å². The molecule has 0 aromatic rings. The Kier molecular flexibility index (Phi) is 54.9. The maximum absolute atomic E-state index is 8.52. The van der Waals surface area contributed by atoms with Crippen LogP contribution in [0.4, 0.5) is 0 Å². The molecule has 0 aromatic heterocycles. The molecule has 0 heterocycles. The molecule has 2 atom stereocenters. The first-order chi connectivity index (χ1) is 31.3. The van der Waals surface area contributed by atoms with E-state index in [0.717, 1.165) is 12.1 Å². The summed E-state index contributed by atoms with van der Waals surface area (Å²) in [5, 5.41) is 0. The lowest BCUT2D eigenvalue weighted by molar-refractivity contribution is -0.950. The normalized spacial score (nSPS) is 13.0. The molecule has 0 aliphatic carbocycles. The van der Waals surface area contributed by atoms with Crippen molar-refractivity contribution in [3.05, 3.63) is 0 Å². The highest BCUT2D eigenvalue weighted by molar-refractivity contribution is 7.79. The van der Waals surface area contributed by atoms with Crippen molar-refractivity contribution >= 4 is 10.4 Å². The highest BCUT2D eigenvalue weighted by Gasteiger charge is 2.33. The Morgan fingerprint density at radius 1 is 0.277 bits per heavy atom. The molecule has 0 saturated heterocycles. The SMILES string of the molecule is CCCCCCC[N+](CCCCCCC)(CCCCCCC)C(C)CCCCCC.CCCCCCC[N+](CCCCCCC)(CCCCCCC)C(C)CCCCCC.O=S(=O)([O-])[O-]. The van der Waals surface area contributed by atoms with Gasteiger partial charge in [-0.05, 0) is 117 Å². The van der Waals surface area contributed by atoms with E-state index in [0.29, 0.717) is 0 Å². The summed E-state index contributed by atoms with van der Waals surface area (Å²) < 4.78 is 37.0. The second-order valence-electron chi connectivity index (χ2n) is 21.1. The smallest absolute Gasteiger partial charge is 0.0861 e. The number of hydrogen-bond acceptors (Lipinski definition) is 4. The van der Waals surface area contributed by atoms with Gasteiger partial charge in [-0.25, -0.2) is 0 Å². The lowest BCUT2D eigenvalue weighted by Crippen LogP contribution is -2.56. The minimum atomic E-state index is -5.17. The van der Waals surface area contributed by atoms with Crippen LogP contribution >= 0.6 is 0 Å². The molecule has 0 aromatic carbocycles. The molecule has 0 rings (SSSR count). The molecule has 7 heteroatoms. The number of rotatable bonds is 48. The Morgan fingerprint density at radius 3 is 0.569 bits per heavy atom. The molecule has 2 unspecified atom stereocenters. The van der Waals surface area contributed by atoms with Crippen LogP contribution in [0.5, 0.6) is 0 Å². The maximum Gasteiger partial charge on any atom is 0.0861 e. The van der Waals surface area contributed by atoms with Crippen LogP contribution in [0.1, 0.15) is 326 Å². The zero-order chi connectivity index (χ0) is 49.2. The summed E-state index contributed by atoms with van der Waals surface area (Å²) in [5.41, 5.74) is 0. The summed E-state index contributed by atoms with van der Waals surface area (Å²) in [7, 11) is -5.17. The molecule has 6 nitrogen and oxygen atoms in total. The first-order valence-corrected chi connectivity index (χ1v) is 31.0.